The lowest BCUT2D eigenvalue weighted by Crippen LogP contribution is -2.51. The van der Waals surface area contributed by atoms with Gasteiger partial charge in [-0.15, -0.1) is 0 Å². The number of nitrogens with zero attached hydrogens (tertiary/aromatic N) is 2. The van der Waals surface area contributed by atoms with E-state index in [1.54, 1.807) is 0 Å². The van der Waals surface area contributed by atoms with Gasteiger partial charge in [0, 0.05) is 61.0 Å². The zero-order chi connectivity index (χ0) is 26.8. The van der Waals surface area contributed by atoms with E-state index in [2.05, 4.69) is 61.8 Å². The summed E-state index contributed by atoms with van der Waals surface area (Å²) >= 11 is 0. The molecule has 3 rings (SSSR count). The van der Waals surface area contributed by atoms with Gasteiger partial charge in [-0.05, 0) is 49.4 Å². The van der Waals surface area contributed by atoms with Gasteiger partial charge < -0.3 is 25.1 Å². The lowest BCUT2D eigenvalue weighted by molar-refractivity contribution is -0.0791. The van der Waals surface area contributed by atoms with Gasteiger partial charge >= 0.3 is 0 Å². The third-order valence-corrected chi connectivity index (χ3v) is 7.98. The van der Waals surface area contributed by atoms with Gasteiger partial charge in [0.15, 0.2) is 0 Å². The molecule has 37 heavy (non-hydrogen) atoms. The number of phenols is 1. The maximum absolute atomic E-state index is 11.1. The van der Waals surface area contributed by atoms with Crippen molar-refractivity contribution in [2.24, 2.45) is 0 Å². The van der Waals surface area contributed by atoms with Gasteiger partial charge in [-0.1, -0.05) is 71.6 Å². The van der Waals surface area contributed by atoms with Gasteiger partial charge in [-0.3, -0.25) is 0 Å². The Morgan fingerprint density at radius 1 is 0.595 bits per heavy atom. The molecule has 0 amide bonds. The summed E-state index contributed by atoms with van der Waals surface area (Å²) in [6, 6.07) is 14.1. The molecule has 2 atom stereocenters. The van der Waals surface area contributed by atoms with Crippen LogP contribution in [0.25, 0.3) is 0 Å². The first-order chi connectivity index (χ1) is 18.0. The highest BCUT2D eigenvalue weighted by molar-refractivity contribution is 5.56. The first-order valence-corrected chi connectivity index (χ1v) is 14.8. The van der Waals surface area contributed by atoms with Crippen LogP contribution in [0.3, 0.4) is 0 Å². The van der Waals surface area contributed by atoms with E-state index >= 15 is 0 Å². The molecule has 206 valence electrons. The van der Waals surface area contributed by atoms with Gasteiger partial charge in [0.05, 0.1) is 12.2 Å². The standard InChI is InChI=1S/C32H50N2O3/c1-5-9-19-33(20-10-6-2)25-15-13-24(14-16-25)29-31(36)30(32(29)37)27-18-17-26(23-28(27)35)34(21-11-7-3)22-12-8-4/h13-18,23,29-32,35-37H,5-12,19-22H2,1-4H3. The summed E-state index contributed by atoms with van der Waals surface area (Å²) in [5.41, 5.74) is 3.80. The molecule has 2 unspecified atom stereocenters. The predicted molar refractivity (Wildman–Crippen MR) is 156 cm³/mol. The van der Waals surface area contributed by atoms with Crippen LogP contribution in [-0.2, 0) is 0 Å². The molecule has 0 bridgehead atoms. The molecule has 0 radical (unpaired) electrons. The van der Waals surface area contributed by atoms with E-state index in [9.17, 15) is 15.3 Å². The van der Waals surface area contributed by atoms with E-state index in [1.807, 2.05) is 18.2 Å². The Morgan fingerprint density at radius 2 is 1.03 bits per heavy atom. The highest BCUT2D eigenvalue weighted by Crippen LogP contribution is 2.50. The molecule has 0 spiro atoms. The third kappa shape index (κ3) is 7.20. The molecule has 0 aromatic heterocycles. The average molecular weight is 511 g/mol. The Labute approximate surface area is 225 Å². The van der Waals surface area contributed by atoms with Crippen molar-refractivity contribution < 1.29 is 15.3 Å². The molecule has 1 saturated carbocycles. The Balaban J connectivity index is 1.71. The summed E-state index contributed by atoms with van der Waals surface area (Å²) in [5, 5.41) is 33.1. The zero-order valence-electron chi connectivity index (χ0n) is 23.6. The summed E-state index contributed by atoms with van der Waals surface area (Å²) in [5.74, 6) is -0.664. The normalized spacial score (nSPS) is 21.0. The van der Waals surface area contributed by atoms with Crippen LogP contribution in [-0.4, -0.2) is 53.7 Å². The third-order valence-electron chi connectivity index (χ3n) is 7.98. The Kier molecular flexibility index (Phi) is 11.6. The number of hydrogen-bond donors (Lipinski definition) is 3. The SMILES string of the molecule is CCCCN(CCCC)c1ccc(C2C(O)C(c3ccc(N(CCCC)CCCC)cc3O)C2O)cc1. The maximum Gasteiger partial charge on any atom is 0.121 e. The second kappa shape index (κ2) is 14.6. The zero-order valence-corrected chi connectivity index (χ0v) is 23.6. The second-order valence-corrected chi connectivity index (χ2v) is 10.8. The van der Waals surface area contributed by atoms with Crippen molar-refractivity contribution in [1.82, 2.24) is 0 Å². The molecule has 3 N–H and O–H groups in total. The summed E-state index contributed by atoms with van der Waals surface area (Å²) in [4.78, 5) is 4.77. The number of aromatic hydroxyl groups is 1. The summed E-state index contributed by atoms with van der Waals surface area (Å²) in [7, 11) is 0. The molecular formula is C32H50N2O3. The van der Waals surface area contributed by atoms with Crippen molar-refractivity contribution in [2.45, 2.75) is 103 Å². The number of benzene rings is 2. The summed E-state index contributed by atoms with van der Waals surface area (Å²) < 4.78 is 0. The summed E-state index contributed by atoms with van der Waals surface area (Å²) in [6.45, 7) is 12.9. The van der Waals surface area contributed by atoms with Crippen LogP contribution in [0.1, 0.15) is 102 Å². The molecule has 1 aliphatic rings. The number of aliphatic hydroxyl groups excluding tert-OH is 2. The summed E-state index contributed by atoms with van der Waals surface area (Å²) in [6.07, 6.45) is 7.71. The van der Waals surface area contributed by atoms with Crippen LogP contribution < -0.4 is 9.80 Å². The number of unbranched alkanes of at least 4 members (excludes halogenated alkanes) is 4. The van der Waals surface area contributed by atoms with Crippen molar-refractivity contribution in [3.63, 3.8) is 0 Å². The van der Waals surface area contributed by atoms with Crippen LogP contribution >= 0.6 is 0 Å². The molecule has 0 heterocycles. The molecule has 2 aromatic carbocycles. The fourth-order valence-corrected chi connectivity index (χ4v) is 5.52. The van der Waals surface area contributed by atoms with Crippen LogP contribution in [0.2, 0.25) is 0 Å². The van der Waals surface area contributed by atoms with Gasteiger partial charge in [0.2, 0.25) is 0 Å². The number of hydrogen-bond acceptors (Lipinski definition) is 5. The molecule has 5 nitrogen and oxygen atoms in total. The van der Waals surface area contributed by atoms with Crippen molar-refractivity contribution in [3.8, 4) is 5.75 Å². The Hall–Kier alpha value is -2.24. The van der Waals surface area contributed by atoms with Crippen molar-refractivity contribution in [3.05, 3.63) is 53.6 Å². The van der Waals surface area contributed by atoms with E-state index in [1.165, 1.54) is 31.4 Å². The first-order valence-electron chi connectivity index (χ1n) is 14.8. The topological polar surface area (TPSA) is 67.2 Å². The minimum absolute atomic E-state index is 0.162. The first kappa shape index (κ1) is 29.3. The van der Waals surface area contributed by atoms with E-state index in [4.69, 9.17) is 0 Å². The van der Waals surface area contributed by atoms with E-state index in [-0.39, 0.29) is 11.7 Å². The maximum atomic E-state index is 11.1. The number of anilines is 2. The molecule has 0 aliphatic heterocycles. The molecule has 1 aliphatic carbocycles. The van der Waals surface area contributed by atoms with Gasteiger partial charge in [-0.25, -0.2) is 0 Å². The van der Waals surface area contributed by atoms with E-state index < -0.39 is 18.1 Å². The van der Waals surface area contributed by atoms with E-state index in [0.717, 1.165) is 63.1 Å². The van der Waals surface area contributed by atoms with Gasteiger partial charge in [-0.2, -0.15) is 0 Å². The monoisotopic (exact) mass is 510 g/mol. The highest BCUT2D eigenvalue weighted by atomic mass is 16.3. The Bertz CT molecular complexity index is 906. The number of rotatable bonds is 16. The Morgan fingerprint density at radius 3 is 1.46 bits per heavy atom. The van der Waals surface area contributed by atoms with Crippen LogP contribution in [0, 0.1) is 0 Å². The average Bonchev–Trinajstić information content (AvgIpc) is 2.91. The van der Waals surface area contributed by atoms with Crippen LogP contribution in [0.5, 0.6) is 5.75 Å². The van der Waals surface area contributed by atoms with Crippen LogP contribution in [0.4, 0.5) is 11.4 Å². The molecular weight excluding hydrogens is 460 g/mol. The number of phenolic OH excluding ortho intramolecular Hbond substituents is 1. The lowest BCUT2D eigenvalue weighted by atomic mass is 9.63. The smallest absolute Gasteiger partial charge is 0.121 e. The van der Waals surface area contributed by atoms with E-state index in [0.29, 0.717) is 5.56 Å². The fourth-order valence-electron chi connectivity index (χ4n) is 5.52. The number of aliphatic hydroxyl groups is 2. The fraction of sp³-hybridized carbons (Fsp3) is 0.625. The lowest BCUT2D eigenvalue weighted by Gasteiger charge is -2.47. The van der Waals surface area contributed by atoms with Gasteiger partial charge in [0.1, 0.15) is 5.75 Å². The minimum atomic E-state index is -0.731. The highest BCUT2D eigenvalue weighted by Gasteiger charge is 2.51. The second-order valence-electron chi connectivity index (χ2n) is 10.8. The van der Waals surface area contributed by atoms with Crippen molar-refractivity contribution in [1.29, 1.82) is 0 Å². The van der Waals surface area contributed by atoms with Crippen LogP contribution in [0.15, 0.2) is 42.5 Å². The van der Waals surface area contributed by atoms with Crippen molar-refractivity contribution in [2.75, 3.05) is 36.0 Å². The van der Waals surface area contributed by atoms with Crippen molar-refractivity contribution >= 4 is 11.4 Å². The molecule has 2 aromatic rings. The molecule has 5 heteroatoms. The largest absolute Gasteiger partial charge is 0.508 e. The predicted octanol–water partition coefficient (Wildman–Crippen LogP) is 6.81. The molecule has 1 fully saturated rings. The van der Waals surface area contributed by atoms with Gasteiger partial charge in [0.25, 0.3) is 0 Å². The molecule has 0 saturated heterocycles. The quantitative estimate of drug-likeness (QED) is 0.231. The minimum Gasteiger partial charge on any atom is -0.508 e.